The topological polar surface area (TPSA) is 63.3 Å². The van der Waals surface area contributed by atoms with Crippen LogP contribution in [0, 0.1) is 5.82 Å². The standard InChI is InChI=1S/C13H11BrFNO3/c1-6(2)10-11(13(17)18)19-12(16-10)7-4-3-5-8(14)9(7)15/h3-6H,1-2H3,(H,17,18). The van der Waals surface area contributed by atoms with Crippen LogP contribution in [0.1, 0.15) is 36.0 Å². The smallest absolute Gasteiger partial charge is 0.373 e. The maximum absolute atomic E-state index is 13.9. The molecule has 0 saturated carbocycles. The van der Waals surface area contributed by atoms with Gasteiger partial charge in [0.05, 0.1) is 15.7 Å². The molecule has 1 aromatic heterocycles. The summed E-state index contributed by atoms with van der Waals surface area (Å²) in [5.74, 6) is -2.14. The van der Waals surface area contributed by atoms with Crippen LogP contribution < -0.4 is 0 Å². The first-order chi connectivity index (χ1) is 8.91. The van der Waals surface area contributed by atoms with Gasteiger partial charge >= 0.3 is 5.97 Å². The van der Waals surface area contributed by atoms with E-state index in [-0.39, 0.29) is 27.6 Å². The Morgan fingerprint density at radius 3 is 2.68 bits per heavy atom. The van der Waals surface area contributed by atoms with Gasteiger partial charge in [-0.15, -0.1) is 0 Å². The first-order valence-corrected chi connectivity index (χ1v) is 6.39. The fourth-order valence-corrected chi connectivity index (χ4v) is 2.03. The lowest BCUT2D eigenvalue weighted by atomic mass is 10.1. The number of carbonyl (C=O) groups is 1. The van der Waals surface area contributed by atoms with E-state index >= 15 is 0 Å². The van der Waals surface area contributed by atoms with E-state index in [9.17, 15) is 9.18 Å². The van der Waals surface area contributed by atoms with Crippen LogP contribution in [0.25, 0.3) is 11.5 Å². The van der Waals surface area contributed by atoms with E-state index in [1.54, 1.807) is 26.0 Å². The Morgan fingerprint density at radius 2 is 2.16 bits per heavy atom. The molecule has 0 atom stereocenters. The van der Waals surface area contributed by atoms with Gasteiger partial charge in [-0.05, 0) is 34.0 Å². The van der Waals surface area contributed by atoms with Crippen LogP contribution in [0.4, 0.5) is 4.39 Å². The van der Waals surface area contributed by atoms with Gasteiger partial charge in [-0.25, -0.2) is 14.2 Å². The van der Waals surface area contributed by atoms with Crippen molar-refractivity contribution in [1.29, 1.82) is 0 Å². The molecule has 0 aliphatic heterocycles. The highest BCUT2D eigenvalue weighted by molar-refractivity contribution is 9.10. The molecular weight excluding hydrogens is 317 g/mol. The minimum Gasteiger partial charge on any atom is -0.475 e. The molecule has 100 valence electrons. The maximum atomic E-state index is 13.9. The molecule has 1 aromatic carbocycles. The zero-order chi connectivity index (χ0) is 14.2. The number of hydrogen-bond donors (Lipinski definition) is 1. The molecule has 2 aromatic rings. The van der Waals surface area contributed by atoms with E-state index < -0.39 is 11.8 Å². The van der Waals surface area contributed by atoms with Crippen LogP contribution >= 0.6 is 15.9 Å². The molecule has 0 unspecified atom stereocenters. The predicted octanol–water partition coefficient (Wildman–Crippen LogP) is 4.06. The van der Waals surface area contributed by atoms with Crippen molar-refractivity contribution in [3.8, 4) is 11.5 Å². The number of carboxylic acid groups (broad SMARTS) is 1. The molecule has 1 heterocycles. The summed E-state index contributed by atoms with van der Waals surface area (Å²) in [6, 6.07) is 4.66. The molecule has 0 amide bonds. The monoisotopic (exact) mass is 327 g/mol. The van der Waals surface area contributed by atoms with Gasteiger partial charge in [-0.1, -0.05) is 19.9 Å². The van der Waals surface area contributed by atoms with E-state index in [1.165, 1.54) is 6.07 Å². The first kappa shape index (κ1) is 13.7. The Hall–Kier alpha value is -1.69. The van der Waals surface area contributed by atoms with Crippen molar-refractivity contribution in [2.24, 2.45) is 0 Å². The summed E-state index contributed by atoms with van der Waals surface area (Å²) in [6.45, 7) is 3.59. The normalized spacial score (nSPS) is 11.0. The molecule has 0 saturated heterocycles. The van der Waals surface area contributed by atoms with Crippen LogP contribution in [0.3, 0.4) is 0 Å². The third-order valence-electron chi connectivity index (χ3n) is 2.58. The quantitative estimate of drug-likeness (QED) is 0.923. The number of nitrogens with zero attached hydrogens (tertiary/aromatic N) is 1. The summed E-state index contributed by atoms with van der Waals surface area (Å²) in [5.41, 5.74) is 0.436. The summed E-state index contributed by atoms with van der Waals surface area (Å²) in [7, 11) is 0. The molecule has 0 radical (unpaired) electrons. The molecule has 0 aliphatic rings. The molecule has 1 N–H and O–H groups in total. The summed E-state index contributed by atoms with van der Waals surface area (Å²) in [5, 5.41) is 9.06. The molecular formula is C13H11BrFNO3. The van der Waals surface area contributed by atoms with E-state index in [2.05, 4.69) is 20.9 Å². The lowest BCUT2D eigenvalue weighted by Gasteiger charge is -1.99. The van der Waals surface area contributed by atoms with Crippen molar-refractivity contribution in [1.82, 2.24) is 4.98 Å². The van der Waals surface area contributed by atoms with Crippen molar-refractivity contribution in [3.63, 3.8) is 0 Å². The number of oxazole rings is 1. The summed E-state index contributed by atoms with van der Waals surface area (Å²) in [6.07, 6.45) is 0. The van der Waals surface area contributed by atoms with Gasteiger partial charge in [0.25, 0.3) is 0 Å². The zero-order valence-corrected chi connectivity index (χ0v) is 11.9. The number of benzene rings is 1. The Balaban J connectivity index is 2.61. The second kappa shape index (κ2) is 5.13. The Kier molecular flexibility index (Phi) is 3.71. The van der Waals surface area contributed by atoms with Gasteiger partial charge in [0, 0.05) is 0 Å². The number of hydrogen-bond acceptors (Lipinski definition) is 3. The Labute approximate surface area is 117 Å². The fraction of sp³-hybridized carbons (Fsp3) is 0.231. The first-order valence-electron chi connectivity index (χ1n) is 5.60. The average Bonchev–Trinajstić information content (AvgIpc) is 2.77. The summed E-state index contributed by atoms with van der Waals surface area (Å²) >= 11 is 3.07. The van der Waals surface area contributed by atoms with Crippen LogP contribution in [0.2, 0.25) is 0 Å². The van der Waals surface area contributed by atoms with Crippen LogP contribution in [-0.2, 0) is 0 Å². The van der Waals surface area contributed by atoms with Gasteiger partial charge < -0.3 is 9.52 Å². The number of carboxylic acids is 1. The van der Waals surface area contributed by atoms with Crippen LogP contribution in [-0.4, -0.2) is 16.1 Å². The second-order valence-electron chi connectivity index (χ2n) is 4.29. The van der Waals surface area contributed by atoms with Crippen molar-refractivity contribution < 1.29 is 18.7 Å². The number of aromatic nitrogens is 1. The van der Waals surface area contributed by atoms with Crippen molar-refractivity contribution >= 4 is 21.9 Å². The van der Waals surface area contributed by atoms with E-state index in [4.69, 9.17) is 9.52 Å². The van der Waals surface area contributed by atoms with Crippen molar-refractivity contribution in [3.05, 3.63) is 39.9 Å². The molecule has 0 aliphatic carbocycles. The van der Waals surface area contributed by atoms with Crippen LogP contribution in [0.5, 0.6) is 0 Å². The third-order valence-corrected chi connectivity index (χ3v) is 3.19. The predicted molar refractivity (Wildman–Crippen MR) is 70.6 cm³/mol. The SMILES string of the molecule is CC(C)c1nc(-c2cccc(Br)c2F)oc1C(=O)O. The van der Waals surface area contributed by atoms with Crippen molar-refractivity contribution in [2.75, 3.05) is 0 Å². The largest absolute Gasteiger partial charge is 0.475 e. The molecule has 0 fully saturated rings. The molecule has 6 heteroatoms. The van der Waals surface area contributed by atoms with Gasteiger partial charge in [0.2, 0.25) is 11.7 Å². The molecule has 4 nitrogen and oxygen atoms in total. The Bertz CT molecular complexity index is 637. The van der Waals surface area contributed by atoms with Gasteiger partial charge in [0.1, 0.15) is 5.82 Å². The molecule has 0 bridgehead atoms. The van der Waals surface area contributed by atoms with Crippen molar-refractivity contribution in [2.45, 2.75) is 19.8 Å². The molecule has 19 heavy (non-hydrogen) atoms. The second-order valence-corrected chi connectivity index (χ2v) is 5.15. The maximum Gasteiger partial charge on any atom is 0.373 e. The van der Waals surface area contributed by atoms with E-state index in [0.717, 1.165) is 0 Å². The Morgan fingerprint density at radius 1 is 1.47 bits per heavy atom. The third kappa shape index (κ3) is 2.53. The number of halogens is 2. The van der Waals surface area contributed by atoms with Gasteiger partial charge in [-0.3, -0.25) is 0 Å². The number of rotatable bonds is 3. The summed E-state index contributed by atoms with van der Waals surface area (Å²) in [4.78, 5) is 15.2. The number of aromatic carboxylic acids is 1. The highest BCUT2D eigenvalue weighted by atomic mass is 79.9. The lowest BCUT2D eigenvalue weighted by Crippen LogP contribution is -2.01. The van der Waals surface area contributed by atoms with E-state index in [1.807, 2.05) is 0 Å². The minimum absolute atomic E-state index is 0.0279. The van der Waals surface area contributed by atoms with E-state index in [0.29, 0.717) is 5.69 Å². The fourth-order valence-electron chi connectivity index (χ4n) is 1.66. The molecule has 0 spiro atoms. The highest BCUT2D eigenvalue weighted by Crippen LogP contribution is 2.30. The van der Waals surface area contributed by atoms with Gasteiger partial charge in [0.15, 0.2) is 0 Å². The minimum atomic E-state index is -1.21. The lowest BCUT2D eigenvalue weighted by molar-refractivity contribution is 0.0661. The van der Waals surface area contributed by atoms with Crippen LogP contribution in [0.15, 0.2) is 27.1 Å². The average molecular weight is 328 g/mol. The zero-order valence-electron chi connectivity index (χ0n) is 10.3. The van der Waals surface area contributed by atoms with Gasteiger partial charge in [-0.2, -0.15) is 0 Å². The molecule has 2 rings (SSSR count). The summed E-state index contributed by atoms with van der Waals surface area (Å²) < 4.78 is 19.4. The highest BCUT2D eigenvalue weighted by Gasteiger charge is 2.24.